The average molecular weight is 433 g/mol. The Bertz CT molecular complexity index is 704. The smallest absolute Gasteiger partial charge is 0.311 e. The first-order chi connectivity index (χ1) is 14.9. The summed E-state index contributed by atoms with van der Waals surface area (Å²) in [5.74, 6) is 3.32. The number of hydrogen-bond acceptors (Lipinski definition) is 4. The Morgan fingerprint density at radius 2 is 1.81 bits per heavy atom. The third-order valence-electron chi connectivity index (χ3n) is 10.6. The lowest BCUT2D eigenvalue weighted by atomic mass is 9.45. The lowest BCUT2D eigenvalue weighted by Gasteiger charge is -2.60. The van der Waals surface area contributed by atoms with Crippen LogP contribution in [0, 0.1) is 34.5 Å². The van der Waals surface area contributed by atoms with Crippen LogP contribution in [0.2, 0.25) is 0 Å². The summed E-state index contributed by atoms with van der Waals surface area (Å²) in [6.45, 7) is 9.43. The Morgan fingerprint density at radius 3 is 2.61 bits per heavy atom. The summed E-state index contributed by atoms with van der Waals surface area (Å²) in [4.78, 5) is 26.3. The highest BCUT2D eigenvalue weighted by molar-refractivity contribution is 5.79. The van der Waals surface area contributed by atoms with Crippen LogP contribution in [-0.4, -0.2) is 50.7 Å². The Kier molecular flexibility index (Phi) is 5.96. The molecule has 31 heavy (non-hydrogen) atoms. The van der Waals surface area contributed by atoms with Gasteiger partial charge in [-0.1, -0.05) is 13.8 Å². The van der Waals surface area contributed by atoms with Gasteiger partial charge in [0.25, 0.3) is 0 Å². The molecule has 5 fully saturated rings. The van der Waals surface area contributed by atoms with Gasteiger partial charge in [0.05, 0.1) is 26.2 Å². The number of morpholine rings is 1. The number of rotatable bonds is 4. The standard InChI is InChI=1S/C26H41NO4/c1-25-10-7-19(28)17-18(25)3-4-20-21-5-6-23(26(21,2)11-8-22(20)25)31-24(29)9-12-27-13-15-30-16-14-27/h18,20-23H,3-17H2,1-2H3/p+1/t18-,20-,21-,22+,23+,25+,26+/m1/s1. The summed E-state index contributed by atoms with van der Waals surface area (Å²) in [5.41, 5.74) is 0.504. The number of carbonyl (C=O) groups is 2. The number of quaternary nitrogens is 1. The summed E-state index contributed by atoms with van der Waals surface area (Å²) in [7, 11) is 0. The van der Waals surface area contributed by atoms with Gasteiger partial charge < -0.3 is 14.4 Å². The van der Waals surface area contributed by atoms with Crippen LogP contribution in [0.15, 0.2) is 0 Å². The van der Waals surface area contributed by atoms with Crippen LogP contribution in [0.1, 0.15) is 78.1 Å². The van der Waals surface area contributed by atoms with Crippen LogP contribution in [-0.2, 0) is 19.1 Å². The fourth-order valence-electron chi connectivity index (χ4n) is 8.60. The van der Waals surface area contributed by atoms with E-state index in [0.29, 0.717) is 29.5 Å². The SMILES string of the molecule is C[C@]12CCC(=O)C[C@H]1CC[C@@H]1[C@H]3CC[C@H](OC(=O)CC[NH+]4CCOCC4)[C@@]3(C)CC[C@@H]12. The zero-order valence-electron chi connectivity index (χ0n) is 19.6. The third-order valence-corrected chi connectivity index (χ3v) is 10.6. The molecular formula is C26H42NO4+. The van der Waals surface area contributed by atoms with Gasteiger partial charge in [-0.2, -0.15) is 0 Å². The van der Waals surface area contributed by atoms with E-state index in [1.54, 1.807) is 0 Å². The minimum absolute atomic E-state index is 0.00875. The van der Waals surface area contributed by atoms with E-state index in [9.17, 15) is 9.59 Å². The second-order valence-electron chi connectivity index (χ2n) is 11.9. The second-order valence-corrected chi connectivity index (χ2v) is 11.9. The van der Waals surface area contributed by atoms with Crippen molar-refractivity contribution >= 4 is 11.8 Å². The molecule has 5 nitrogen and oxygen atoms in total. The molecule has 0 aromatic rings. The maximum atomic E-state index is 12.7. The lowest BCUT2D eigenvalue weighted by molar-refractivity contribution is -0.907. The van der Waals surface area contributed by atoms with Crippen molar-refractivity contribution in [3.63, 3.8) is 0 Å². The number of hydrogen-bond donors (Lipinski definition) is 1. The van der Waals surface area contributed by atoms with Crippen molar-refractivity contribution in [1.82, 2.24) is 0 Å². The monoisotopic (exact) mass is 432 g/mol. The van der Waals surface area contributed by atoms with E-state index in [2.05, 4.69) is 13.8 Å². The summed E-state index contributed by atoms with van der Waals surface area (Å²) in [6, 6.07) is 0. The number of Topliss-reactive ketones (excluding diaryl/α,β-unsaturated/α-hetero) is 1. The Balaban J connectivity index is 1.22. The highest BCUT2D eigenvalue weighted by Crippen LogP contribution is 2.66. The predicted molar refractivity (Wildman–Crippen MR) is 118 cm³/mol. The van der Waals surface area contributed by atoms with Gasteiger partial charge in [0.1, 0.15) is 25.0 Å². The third kappa shape index (κ3) is 3.88. The van der Waals surface area contributed by atoms with E-state index in [4.69, 9.17) is 9.47 Å². The van der Waals surface area contributed by atoms with Gasteiger partial charge >= 0.3 is 5.97 Å². The van der Waals surface area contributed by atoms with Gasteiger partial charge in [0.15, 0.2) is 0 Å². The molecule has 174 valence electrons. The van der Waals surface area contributed by atoms with E-state index in [0.717, 1.165) is 70.4 Å². The molecule has 1 aliphatic heterocycles. The molecule has 4 aliphatic carbocycles. The van der Waals surface area contributed by atoms with Gasteiger partial charge in [-0.15, -0.1) is 0 Å². The van der Waals surface area contributed by atoms with Crippen molar-refractivity contribution in [3.8, 4) is 0 Å². The van der Waals surface area contributed by atoms with Crippen LogP contribution in [0.3, 0.4) is 0 Å². The number of esters is 1. The largest absolute Gasteiger partial charge is 0.462 e. The van der Waals surface area contributed by atoms with Crippen LogP contribution < -0.4 is 4.90 Å². The Morgan fingerprint density at radius 1 is 1.03 bits per heavy atom. The summed E-state index contributed by atoms with van der Waals surface area (Å²) < 4.78 is 11.6. The van der Waals surface area contributed by atoms with Gasteiger partial charge in [0.2, 0.25) is 0 Å². The predicted octanol–water partition coefficient (Wildman–Crippen LogP) is 2.82. The molecule has 7 atom stereocenters. The molecule has 0 unspecified atom stereocenters. The van der Waals surface area contributed by atoms with Gasteiger partial charge in [-0.25, -0.2) is 0 Å². The van der Waals surface area contributed by atoms with E-state index < -0.39 is 0 Å². The first-order valence-corrected chi connectivity index (χ1v) is 13.0. The quantitative estimate of drug-likeness (QED) is 0.694. The molecule has 1 heterocycles. The maximum absolute atomic E-state index is 12.7. The molecule has 4 saturated carbocycles. The maximum Gasteiger partial charge on any atom is 0.311 e. The molecule has 5 aliphatic rings. The summed E-state index contributed by atoms with van der Waals surface area (Å²) >= 11 is 0. The van der Waals surface area contributed by atoms with Crippen LogP contribution in [0.5, 0.6) is 0 Å². The molecule has 0 bridgehead atoms. The van der Waals surface area contributed by atoms with Gasteiger partial charge in [-0.3, -0.25) is 9.59 Å². The summed E-state index contributed by atoms with van der Waals surface area (Å²) in [5, 5.41) is 0. The fraction of sp³-hybridized carbons (Fsp3) is 0.923. The first kappa shape index (κ1) is 21.9. The minimum atomic E-state index is 0.00875. The fourth-order valence-corrected chi connectivity index (χ4v) is 8.60. The van der Waals surface area contributed by atoms with Crippen molar-refractivity contribution < 1.29 is 24.0 Å². The van der Waals surface area contributed by atoms with Crippen molar-refractivity contribution in [3.05, 3.63) is 0 Å². The van der Waals surface area contributed by atoms with Crippen molar-refractivity contribution in [1.29, 1.82) is 0 Å². The molecule has 0 radical (unpaired) electrons. The molecule has 1 saturated heterocycles. The van der Waals surface area contributed by atoms with Crippen LogP contribution in [0.4, 0.5) is 0 Å². The lowest BCUT2D eigenvalue weighted by Crippen LogP contribution is -3.14. The van der Waals surface area contributed by atoms with Crippen LogP contribution >= 0.6 is 0 Å². The molecule has 0 aromatic heterocycles. The molecule has 5 heteroatoms. The molecular weight excluding hydrogens is 390 g/mol. The normalized spacial score (nSPS) is 45.5. The first-order valence-electron chi connectivity index (χ1n) is 13.0. The van der Waals surface area contributed by atoms with E-state index in [1.807, 2.05) is 0 Å². The minimum Gasteiger partial charge on any atom is -0.462 e. The van der Waals surface area contributed by atoms with Crippen molar-refractivity contribution in [2.45, 2.75) is 84.2 Å². The molecule has 1 N–H and O–H groups in total. The van der Waals surface area contributed by atoms with E-state index in [1.165, 1.54) is 37.0 Å². The zero-order chi connectivity index (χ0) is 21.6. The number of carbonyl (C=O) groups excluding carboxylic acids is 2. The highest BCUT2D eigenvalue weighted by Gasteiger charge is 2.61. The molecule has 5 rings (SSSR count). The topological polar surface area (TPSA) is 57.0 Å². The van der Waals surface area contributed by atoms with Gasteiger partial charge in [-0.05, 0) is 74.0 Å². The van der Waals surface area contributed by atoms with E-state index in [-0.39, 0.29) is 17.5 Å². The van der Waals surface area contributed by atoms with Crippen molar-refractivity contribution in [2.75, 3.05) is 32.8 Å². The molecule has 0 spiro atoms. The number of fused-ring (bicyclic) bond motifs is 5. The average Bonchev–Trinajstić information content (AvgIpc) is 3.10. The van der Waals surface area contributed by atoms with Crippen LogP contribution in [0.25, 0.3) is 0 Å². The highest BCUT2D eigenvalue weighted by atomic mass is 16.5. The Labute approximate surface area is 187 Å². The zero-order valence-corrected chi connectivity index (χ0v) is 19.6. The van der Waals surface area contributed by atoms with Crippen molar-refractivity contribution in [2.24, 2.45) is 34.5 Å². The number of nitrogens with one attached hydrogen (secondary N) is 1. The number of ketones is 1. The van der Waals surface area contributed by atoms with E-state index >= 15 is 0 Å². The number of ether oxygens (including phenoxy) is 2. The Hall–Kier alpha value is -0.940. The molecule has 0 aromatic carbocycles. The summed E-state index contributed by atoms with van der Waals surface area (Å²) in [6.07, 6.45) is 10.5. The van der Waals surface area contributed by atoms with Gasteiger partial charge in [0, 0.05) is 18.3 Å². The second kappa shape index (κ2) is 8.44. The molecule has 0 amide bonds.